The Hall–Kier alpha value is -2.79. The minimum Gasteiger partial charge on any atom is -0.482 e. The maximum Gasteiger partial charge on any atom is 0.336 e. The monoisotopic (exact) mass is 425 g/mol. The van der Waals surface area contributed by atoms with Gasteiger partial charge in [-0.15, -0.1) is 0 Å². The second kappa shape index (κ2) is 9.35. The van der Waals surface area contributed by atoms with E-state index in [1.807, 2.05) is 30.3 Å². The molecule has 3 aromatic rings. The maximum absolute atomic E-state index is 12.3. The van der Waals surface area contributed by atoms with Crippen molar-refractivity contribution in [2.45, 2.75) is 44.6 Å². The van der Waals surface area contributed by atoms with Crippen LogP contribution in [0.1, 0.15) is 38.5 Å². The van der Waals surface area contributed by atoms with Gasteiger partial charge in [0.2, 0.25) is 0 Å². The summed E-state index contributed by atoms with van der Waals surface area (Å²) in [6.45, 7) is -0.135. The lowest BCUT2D eigenvalue weighted by Gasteiger charge is -2.17. The Morgan fingerprint density at radius 1 is 1.07 bits per heavy atom. The van der Waals surface area contributed by atoms with E-state index in [9.17, 15) is 9.59 Å². The first-order valence-corrected chi connectivity index (χ1v) is 10.7. The molecule has 0 aliphatic heterocycles. The lowest BCUT2D eigenvalue weighted by molar-refractivity contribution is -0.123. The van der Waals surface area contributed by atoms with E-state index in [2.05, 4.69) is 5.32 Å². The molecule has 1 aliphatic carbocycles. The number of benzene rings is 2. The molecule has 156 valence electrons. The van der Waals surface area contributed by atoms with Crippen LogP contribution in [0.3, 0.4) is 0 Å². The molecule has 0 radical (unpaired) electrons. The summed E-state index contributed by atoms with van der Waals surface area (Å²) in [5.74, 6) is 0.145. The largest absolute Gasteiger partial charge is 0.482 e. The van der Waals surface area contributed by atoms with Crippen LogP contribution in [0.25, 0.3) is 22.1 Å². The van der Waals surface area contributed by atoms with E-state index in [4.69, 9.17) is 20.8 Å². The zero-order chi connectivity index (χ0) is 20.9. The van der Waals surface area contributed by atoms with Crippen molar-refractivity contribution in [3.05, 3.63) is 64.0 Å². The second-order valence-corrected chi connectivity index (χ2v) is 8.08. The number of ether oxygens (including phenoxy) is 1. The number of amides is 1. The third-order valence-corrected chi connectivity index (χ3v) is 5.76. The van der Waals surface area contributed by atoms with Crippen LogP contribution in [0.4, 0.5) is 0 Å². The van der Waals surface area contributed by atoms with E-state index >= 15 is 0 Å². The van der Waals surface area contributed by atoms with Crippen molar-refractivity contribution in [3.8, 4) is 16.9 Å². The predicted octanol–water partition coefficient (Wildman–Crippen LogP) is 5.33. The van der Waals surface area contributed by atoms with Gasteiger partial charge in [0.1, 0.15) is 11.3 Å². The van der Waals surface area contributed by atoms with Gasteiger partial charge in [0.25, 0.3) is 5.91 Å². The smallest absolute Gasteiger partial charge is 0.336 e. The zero-order valence-corrected chi connectivity index (χ0v) is 17.4. The molecule has 0 bridgehead atoms. The highest BCUT2D eigenvalue weighted by Crippen LogP contribution is 2.34. The Labute approximate surface area is 180 Å². The number of carbonyl (C=O) groups is 1. The fourth-order valence-electron chi connectivity index (χ4n) is 3.97. The number of rotatable bonds is 5. The van der Waals surface area contributed by atoms with Gasteiger partial charge in [-0.3, -0.25) is 4.79 Å². The average Bonchev–Trinajstić information content (AvgIpc) is 3.01. The van der Waals surface area contributed by atoms with Crippen molar-refractivity contribution in [3.63, 3.8) is 0 Å². The first kappa shape index (κ1) is 20.5. The molecule has 1 aromatic heterocycles. The highest BCUT2D eigenvalue weighted by atomic mass is 35.5. The van der Waals surface area contributed by atoms with E-state index in [0.717, 1.165) is 36.8 Å². The normalized spacial score (nSPS) is 15.0. The van der Waals surface area contributed by atoms with Crippen LogP contribution in [-0.4, -0.2) is 18.6 Å². The molecule has 2 aromatic carbocycles. The number of halogens is 1. The predicted molar refractivity (Wildman–Crippen MR) is 118 cm³/mol. The quantitative estimate of drug-likeness (QED) is 0.443. The van der Waals surface area contributed by atoms with Gasteiger partial charge in [0.15, 0.2) is 6.61 Å². The molecule has 1 N–H and O–H groups in total. The molecule has 0 saturated heterocycles. The van der Waals surface area contributed by atoms with Gasteiger partial charge in [-0.2, -0.15) is 0 Å². The first-order chi connectivity index (χ1) is 14.6. The van der Waals surface area contributed by atoms with E-state index in [1.54, 1.807) is 12.1 Å². The van der Waals surface area contributed by atoms with Crippen LogP contribution in [0.5, 0.6) is 5.75 Å². The van der Waals surface area contributed by atoms with Crippen LogP contribution < -0.4 is 15.7 Å². The van der Waals surface area contributed by atoms with Gasteiger partial charge in [0, 0.05) is 23.6 Å². The Morgan fingerprint density at radius 2 is 1.80 bits per heavy atom. The molecule has 30 heavy (non-hydrogen) atoms. The third kappa shape index (κ3) is 4.85. The number of nitrogens with one attached hydrogen (secondary N) is 1. The highest BCUT2D eigenvalue weighted by molar-refractivity contribution is 6.33. The van der Waals surface area contributed by atoms with Gasteiger partial charge in [-0.25, -0.2) is 4.79 Å². The van der Waals surface area contributed by atoms with Crippen LogP contribution in [0.2, 0.25) is 5.02 Å². The van der Waals surface area contributed by atoms with Crippen LogP contribution in [-0.2, 0) is 4.79 Å². The minimum atomic E-state index is -0.458. The number of hydrogen-bond donors (Lipinski definition) is 1. The SMILES string of the molecule is O=C(COc1cc2oc(=O)cc(-c3ccccc3)c2cc1Cl)NC1CCCCCC1. The molecular formula is C24H24ClNO4. The molecule has 4 rings (SSSR count). The van der Waals surface area contributed by atoms with Crippen LogP contribution >= 0.6 is 11.6 Å². The molecule has 1 amide bonds. The molecule has 0 atom stereocenters. The fourth-order valence-corrected chi connectivity index (χ4v) is 4.18. The lowest BCUT2D eigenvalue weighted by atomic mass is 10.0. The molecule has 6 heteroatoms. The van der Waals surface area contributed by atoms with Crippen LogP contribution in [0, 0.1) is 0 Å². The van der Waals surface area contributed by atoms with E-state index in [0.29, 0.717) is 21.7 Å². The summed E-state index contributed by atoms with van der Waals surface area (Å²) >= 11 is 6.42. The average molecular weight is 426 g/mol. The first-order valence-electron chi connectivity index (χ1n) is 10.3. The topological polar surface area (TPSA) is 68.5 Å². The highest BCUT2D eigenvalue weighted by Gasteiger charge is 2.17. The third-order valence-electron chi connectivity index (χ3n) is 5.46. The summed E-state index contributed by atoms with van der Waals surface area (Å²) in [4.78, 5) is 24.4. The summed E-state index contributed by atoms with van der Waals surface area (Å²) < 4.78 is 11.0. The summed E-state index contributed by atoms with van der Waals surface area (Å²) in [7, 11) is 0. The van der Waals surface area contributed by atoms with E-state index in [1.165, 1.54) is 18.9 Å². The zero-order valence-electron chi connectivity index (χ0n) is 16.7. The van der Waals surface area contributed by atoms with E-state index < -0.39 is 5.63 Å². The molecule has 5 nitrogen and oxygen atoms in total. The van der Waals surface area contributed by atoms with Gasteiger partial charge < -0.3 is 14.5 Å². The van der Waals surface area contributed by atoms with Gasteiger partial charge in [-0.05, 0) is 30.0 Å². The molecule has 1 saturated carbocycles. The Kier molecular flexibility index (Phi) is 6.38. The Balaban J connectivity index is 1.53. The lowest BCUT2D eigenvalue weighted by Crippen LogP contribution is -2.37. The van der Waals surface area contributed by atoms with Gasteiger partial charge >= 0.3 is 5.63 Å². The summed E-state index contributed by atoms with van der Waals surface area (Å²) in [5, 5.41) is 4.11. The summed E-state index contributed by atoms with van der Waals surface area (Å²) in [5.41, 5.74) is 1.54. The molecule has 1 heterocycles. The number of carbonyl (C=O) groups excluding carboxylic acids is 1. The minimum absolute atomic E-state index is 0.135. The van der Waals surface area contributed by atoms with Gasteiger partial charge in [0.05, 0.1) is 5.02 Å². The molecular weight excluding hydrogens is 402 g/mol. The molecule has 0 unspecified atom stereocenters. The Bertz CT molecular complexity index is 1090. The summed E-state index contributed by atoms with van der Waals surface area (Å²) in [6, 6.07) is 14.5. The van der Waals surface area contributed by atoms with E-state index in [-0.39, 0.29) is 18.6 Å². The van der Waals surface area contributed by atoms with Crippen molar-refractivity contribution in [2.24, 2.45) is 0 Å². The number of fused-ring (bicyclic) bond motifs is 1. The second-order valence-electron chi connectivity index (χ2n) is 7.67. The van der Waals surface area contributed by atoms with Crippen molar-refractivity contribution in [1.29, 1.82) is 0 Å². The summed E-state index contributed by atoms with van der Waals surface area (Å²) in [6.07, 6.45) is 6.76. The molecule has 0 spiro atoms. The van der Waals surface area contributed by atoms with Gasteiger partial charge in [-0.1, -0.05) is 67.6 Å². The maximum atomic E-state index is 12.3. The van der Waals surface area contributed by atoms with Crippen molar-refractivity contribution >= 4 is 28.5 Å². The van der Waals surface area contributed by atoms with Crippen molar-refractivity contribution < 1.29 is 13.9 Å². The van der Waals surface area contributed by atoms with Crippen molar-refractivity contribution in [2.75, 3.05) is 6.61 Å². The molecule has 1 aliphatic rings. The van der Waals surface area contributed by atoms with Crippen molar-refractivity contribution in [1.82, 2.24) is 5.32 Å². The molecule has 1 fully saturated rings. The standard InChI is InChI=1S/C24H24ClNO4/c25-20-12-19-18(16-8-4-3-5-9-16)13-24(28)30-21(19)14-22(20)29-15-23(27)26-17-10-6-1-2-7-11-17/h3-5,8-9,12-14,17H,1-2,6-7,10-11,15H2,(H,26,27). The van der Waals surface area contributed by atoms with Crippen LogP contribution in [0.15, 0.2) is 57.7 Å². The number of hydrogen-bond acceptors (Lipinski definition) is 4. The Morgan fingerprint density at radius 3 is 2.53 bits per heavy atom. The fraction of sp³-hybridized carbons (Fsp3) is 0.333.